The highest BCUT2D eigenvalue weighted by atomic mass is 79.9. The van der Waals surface area contributed by atoms with Gasteiger partial charge in [-0.1, -0.05) is 48.9 Å². The molecular formula is C34H54BrN3O7. The second kappa shape index (κ2) is 15.1. The molecule has 3 rings (SSSR count). The standard InChI is InChI=1S/C34H54BrN3O7/c1-9-11-15-24(40)36-20-22(3)44-31(43)25-26-29(41)37(17-13-12-14-18-39)28(34(26)19-23(35)27(25)45-34)30(42)38(16-10-2)33(7,8)21-32(4,5)6/h9-10,22-23,25-28,39H,1-2,11-21H2,3-8H3,(H,36,40)/t22-,23?,25+,26-,27+,28+,34-/m0/s1. The molecule has 0 saturated carbocycles. The number of aliphatic hydroxyl groups is 1. The van der Waals surface area contributed by atoms with Gasteiger partial charge >= 0.3 is 5.97 Å². The van der Waals surface area contributed by atoms with Crippen molar-refractivity contribution in [2.75, 3.05) is 26.2 Å². The fourth-order valence-corrected chi connectivity index (χ4v) is 8.64. The molecule has 0 aromatic heterocycles. The van der Waals surface area contributed by atoms with Gasteiger partial charge in [0.25, 0.3) is 0 Å². The molecule has 0 aliphatic carbocycles. The number of ether oxygens (including phenoxy) is 2. The summed E-state index contributed by atoms with van der Waals surface area (Å²) in [4.78, 5) is 58.2. The number of halogens is 1. The number of nitrogens with one attached hydrogen (secondary N) is 1. The number of likely N-dealkylation sites (tertiary alicyclic amines) is 1. The molecule has 3 aliphatic rings. The third-order valence-corrected chi connectivity index (χ3v) is 9.95. The SMILES string of the molecule is C=CCCC(=O)NC[C@H](C)OC(=O)[C@H]1[C@@H]2O[C@@]3(CC2Br)[C@@H]1C(=O)N(CCCCCO)[C@@H]3C(=O)N(CC=C)C(C)(C)CC(C)(C)C. The van der Waals surface area contributed by atoms with Crippen LogP contribution in [0.15, 0.2) is 25.3 Å². The van der Waals surface area contributed by atoms with Crippen LogP contribution in [0.5, 0.6) is 0 Å². The first kappa shape index (κ1) is 37.2. The smallest absolute Gasteiger partial charge is 0.312 e. The highest BCUT2D eigenvalue weighted by molar-refractivity contribution is 9.09. The first-order chi connectivity index (χ1) is 21.0. The van der Waals surface area contributed by atoms with E-state index in [9.17, 15) is 24.3 Å². The Morgan fingerprint density at radius 2 is 1.89 bits per heavy atom. The van der Waals surface area contributed by atoms with E-state index >= 15 is 0 Å². The summed E-state index contributed by atoms with van der Waals surface area (Å²) in [5, 5.41) is 12.1. The molecule has 0 radical (unpaired) electrons. The van der Waals surface area contributed by atoms with E-state index in [1.807, 2.05) is 18.7 Å². The van der Waals surface area contributed by atoms with E-state index in [2.05, 4.69) is 55.2 Å². The lowest BCUT2D eigenvalue weighted by atomic mass is 9.70. The number of carbonyl (C=O) groups is 4. The fraction of sp³-hybridized carbons (Fsp3) is 0.765. The molecule has 10 nitrogen and oxygen atoms in total. The van der Waals surface area contributed by atoms with E-state index in [0.717, 1.165) is 0 Å². The molecule has 1 unspecified atom stereocenters. The second-order valence-electron chi connectivity index (χ2n) is 14.6. The van der Waals surface area contributed by atoms with Gasteiger partial charge in [-0.05, 0) is 64.7 Å². The highest BCUT2D eigenvalue weighted by Crippen LogP contribution is 2.60. The summed E-state index contributed by atoms with van der Waals surface area (Å²) < 4.78 is 12.5. The Bertz CT molecular complexity index is 1120. The van der Waals surface area contributed by atoms with Gasteiger partial charge in [-0.25, -0.2) is 0 Å². The number of carbonyl (C=O) groups excluding carboxylic acids is 4. The number of aliphatic hydroxyl groups excluding tert-OH is 1. The van der Waals surface area contributed by atoms with Crippen molar-refractivity contribution in [1.82, 2.24) is 15.1 Å². The Morgan fingerprint density at radius 1 is 1.20 bits per heavy atom. The van der Waals surface area contributed by atoms with Crippen LogP contribution in [-0.2, 0) is 28.7 Å². The van der Waals surface area contributed by atoms with Gasteiger partial charge in [0.05, 0.1) is 24.5 Å². The minimum atomic E-state index is -1.20. The molecule has 45 heavy (non-hydrogen) atoms. The average molecular weight is 697 g/mol. The van der Waals surface area contributed by atoms with Crippen LogP contribution in [0.4, 0.5) is 0 Å². The molecule has 3 saturated heterocycles. The number of unbranched alkanes of at least 4 members (excludes halogenated alkanes) is 2. The lowest BCUT2D eigenvalue weighted by Crippen LogP contribution is -2.61. The van der Waals surface area contributed by atoms with Crippen molar-refractivity contribution in [3.8, 4) is 0 Å². The normalized spacial score (nSPS) is 28.0. The van der Waals surface area contributed by atoms with Crippen molar-refractivity contribution in [2.24, 2.45) is 17.3 Å². The van der Waals surface area contributed by atoms with Gasteiger partial charge in [0.2, 0.25) is 17.7 Å². The summed E-state index contributed by atoms with van der Waals surface area (Å²) in [5.74, 6) is -3.00. The van der Waals surface area contributed by atoms with Crippen molar-refractivity contribution in [3.63, 3.8) is 0 Å². The maximum absolute atomic E-state index is 14.8. The number of hydrogen-bond donors (Lipinski definition) is 2. The summed E-state index contributed by atoms with van der Waals surface area (Å²) in [7, 11) is 0. The number of rotatable bonds is 17. The number of alkyl halides is 1. The van der Waals surface area contributed by atoms with E-state index in [1.54, 1.807) is 24.0 Å². The predicted octanol–water partition coefficient (Wildman–Crippen LogP) is 4.14. The van der Waals surface area contributed by atoms with Crippen molar-refractivity contribution in [3.05, 3.63) is 25.3 Å². The topological polar surface area (TPSA) is 125 Å². The molecule has 254 valence electrons. The molecule has 7 atom stereocenters. The van der Waals surface area contributed by atoms with Crippen molar-refractivity contribution >= 4 is 39.6 Å². The second-order valence-corrected chi connectivity index (χ2v) is 15.8. The summed E-state index contributed by atoms with van der Waals surface area (Å²) >= 11 is 3.72. The zero-order valence-electron chi connectivity index (χ0n) is 28.0. The summed E-state index contributed by atoms with van der Waals surface area (Å²) in [6.45, 7) is 20.5. The maximum Gasteiger partial charge on any atom is 0.312 e. The van der Waals surface area contributed by atoms with E-state index in [1.165, 1.54) is 0 Å². The molecule has 1 spiro atoms. The third kappa shape index (κ3) is 8.19. The van der Waals surface area contributed by atoms with E-state index in [-0.39, 0.29) is 41.1 Å². The molecule has 2 N–H and O–H groups in total. The Balaban J connectivity index is 1.95. The van der Waals surface area contributed by atoms with Gasteiger partial charge in [0, 0.05) is 36.5 Å². The quantitative estimate of drug-likeness (QED) is 0.101. The van der Waals surface area contributed by atoms with Crippen LogP contribution in [0, 0.1) is 17.3 Å². The van der Waals surface area contributed by atoms with Crippen LogP contribution in [0.25, 0.3) is 0 Å². The van der Waals surface area contributed by atoms with Crippen LogP contribution < -0.4 is 5.32 Å². The predicted molar refractivity (Wildman–Crippen MR) is 176 cm³/mol. The molecule has 11 heteroatoms. The first-order valence-electron chi connectivity index (χ1n) is 16.3. The Kier molecular flexibility index (Phi) is 12.5. The third-order valence-electron chi connectivity index (χ3n) is 9.10. The molecule has 3 fully saturated rings. The van der Waals surface area contributed by atoms with Crippen LogP contribution in [0.1, 0.15) is 86.5 Å². The molecule has 3 aliphatic heterocycles. The zero-order valence-corrected chi connectivity index (χ0v) is 29.6. The first-order valence-corrected chi connectivity index (χ1v) is 17.2. The van der Waals surface area contributed by atoms with Crippen LogP contribution in [-0.4, -0.2) is 99.1 Å². The Hall–Kier alpha value is -2.24. The van der Waals surface area contributed by atoms with Crippen molar-refractivity contribution < 1.29 is 33.8 Å². The van der Waals surface area contributed by atoms with Gasteiger partial charge in [-0.2, -0.15) is 0 Å². The number of fused-ring (bicyclic) bond motifs is 1. The average Bonchev–Trinajstić information content (AvgIpc) is 3.53. The molecule has 0 aromatic carbocycles. The van der Waals surface area contributed by atoms with Gasteiger partial charge in [0.1, 0.15) is 17.7 Å². The number of amides is 3. The number of allylic oxidation sites excluding steroid dienone is 1. The van der Waals surface area contributed by atoms with Gasteiger partial charge in [-0.3, -0.25) is 19.2 Å². The maximum atomic E-state index is 14.8. The van der Waals surface area contributed by atoms with Crippen LogP contribution >= 0.6 is 15.9 Å². The largest absolute Gasteiger partial charge is 0.460 e. The van der Waals surface area contributed by atoms with Crippen LogP contribution in [0.3, 0.4) is 0 Å². The van der Waals surface area contributed by atoms with Gasteiger partial charge in [-0.15, -0.1) is 13.2 Å². The number of nitrogens with zero attached hydrogens (tertiary/aromatic N) is 2. The highest BCUT2D eigenvalue weighted by Gasteiger charge is 2.77. The molecule has 3 amide bonds. The van der Waals surface area contributed by atoms with Crippen LogP contribution in [0.2, 0.25) is 0 Å². The summed E-state index contributed by atoms with van der Waals surface area (Å²) in [5.41, 5.74) is -1.83. The monoisotopic (exact) mass is 695 g/mol. The summed E-state index contributed by atoms with van der Waals surface area (Å²) in [6, 6.07) is -0.923. The lowest BCUT2D eigenvalue weighted by Gasteiger charge is -2.45. The Morgan fingerprint density at radius 3 is 2.49 bits per heavy atom. The minimum Gasteiger partial charge on any atom is -0.460 e. The Labute approximate surface area is 277 Å². The molecular weight excluding hydrogens is 642 g/mol. The summed E-state index contributed by atoms with van der Waals surface area (Å²) in [6.07, 6.45) is 5.96. The fourth-order valence-electron chi connectivity index (χ4n) is 7.69. The molecule has 0 aromatic rings. The van der Waals surface area contributed by atoms with E-state index in [4.69, 9.17) is 9.47 Å². The number of esters is 1. The van der Waals surface area contributed by atoms with E-state index in [0.29, 0.717) is 58.0 Å². The van der Waals surface area contributed by atoms with E-state index < -0.39 is 47.2 Å². The molecule has 3 heterocycles. The lowest BCUT2D eigenvalue weighted by molar-refractivity contribution is -0.159. The number of hydrogen-bond acceptors (Lipinski definition) is 7. The van der Waals surface area contributed by atoms with Crippen molar-refractivity contribution in [1.29, 1.82) is 0 Å². The molecule has 2 bridgehead atoms. The van der Waals surface area contributed by atoms with Gasteiger partial charge in [0.15, 0.2) is 0 Å². The van der Waals surface area contributed by atoms with Gasteiger partial charge < -0.3 is 29.7 Å². The minimum absolute atomic E-state index is 0.0494. The van der Waals surface area contributed by atoms with Crippen molar-refractivity contribution in [2.45, 2.75) is 121 Å². The zero-order chi connectivity index (χ0) is 33.7.